The quantitative estimate of drug-likeness (QED) is 0.0190. The third-order valence-corrected chi connectivity index (χ3v) is 11.9. The van der Waals surface area contributed by atoms with E-state index in [1.54, 1.807) is 125 Å². The topological polar surface area (TPSA) is 271 Å². The van der Waals surface area contributed by atoms with Crippen molar-refractivity contribution < 1.29 is 76.4 Å². The maximum absolute atomic E-state index is 13.2. The van der Waals surface area contributed by atoms with E-state index >= 15 is 0 Å². The van der Waals surface area contributed by atoms with Crippen molar-refractivity contribution in [3.05, 3.63) is 175 Å². The summed E-state index contributed by atoms with van der Waals surface area (Å²) >= 11 is 12.1. The van der Waals surface area contributed by atoms with Gasteiger partial charge in [-0.3, -0.25) is 43.4 Å². The Morgan fingerprint density at radius 1 is 0.654 bits per heavy atom. The van der Waals surface area contributed by atoms with Crippen LogP contribution in [0, 0.1) is 0 Å². The van der Waals surface area contributed by atoms with Crippen LogP contribution in [-0.4, -0.2) is 136 Å². The molecule has 0 saturated carbocycles. The number of benzene rings is 4. The predicted octanol–water partition coefficient (Wildman–Crippen LogP) is 6.60. The summed E-state index contributed by atoms with van der Waals surface area (Å²) in [5.74, 6) is -5.04. The fourth-order valence-corrected chi connectivity index (χ4v) is 8.08. The molecule has 4 amide bonds. The van der Waals surface area contributed by atoms with Crippen molar-refractivity contribution in [2.45, 2.75) is 40.0 Å². The van der Waals surface area contributed by atoms with Crippen LogP contribution in [0.1, 0.15) is 97.4 Å². The molecule has 0 saturated heterocycles. The SMILES string of the molecule is CCOC(=O)C1=C(COCCN2C(=O)c3ccccc3C2=O)NC(C)=C(C(=O)OC)C1c1ccccc1Cl.CCOC(=O)CC(=O)COCCN1C(=O)c2ccccc2C1=O.COC(=O)/C=C(/C)N.O=Cc1ccccc1Cl. The maximum atomic E-state index is 13.2. The lowest BCUT2D eigenvalue weighted by atomic mass is 9.80. The number of ketones is 1. The van der Waals surface area contributed by atoms with Gasteiger partial charge >= 0.3 is 23.9 Å². The van der Waals surface area contributed by atoms with E-state index in [4.69, 9.17) is 47.9 Å². The number of hydrogen-bond acceptors (Lipinski definition) is 18. The summed E-state index contributed by atoms with van der Waals surface area (Å²) in [5, 5.41) is 3.96. The molecule has 0 fully saturated rings. The zero-order valence-corrected chi connectivity index (χ0v) is 45.1. The number of fused-ring (bicyclic) bond motifs is 2. The number of rotatable bonds is 19. The summed E-state index contributed by atoms with van der Waals surface area (Å²) in [4.78, 5) is 121. The van der Waals surface area contributed by atoms with E-state index < -0.39 is 35.6 Å². The summed E-state index contributed by atoms with van der Waals surface area (Å²) in [6.07, 6.45) is 1.61. The zero-order valence-electron chi connectivity index (χ0n) is 43.6. The number of aldehydes is 1. The lowest BCUT2D eigenvalue weighted by Crippen LogP contribution is -2.36. The number of carbonyl (C=O) groups excluding carboxylic acids is 10. The van der Waals surface area contributed by atoms with Gasteiger partial charge in [0.05, 0.1) is 110 Å². The van der Waals surface area contributed by atoms with Crippen LogP contribution < -0.4 is 11.1 Å². The average molecular weight is 1110 g/mol. The largest absolute Gasteiger partial charge is 0.466 e. The molecule has 0 radical (unpaired) electrons. The summed E-state index contributed by atoms with van der Waals surface area (Å²) in [6, 6.07) is 27.0. The van der Waals surface area contributed by atoms with Gasteiger partial charge in [-0.25, -0.2) is 14.4 Å². The molecule has 4 aromatic rings. The lowest BCUT2D eigenvalue weighted by Gasteiger charge is -2.31. The molecule has 1 unspecified atom stereocenters. The fourth-order valence-electron chi connectivity index (χ4n) is 7.66. The van der Waals surface area contributed by atoms with E-state index in [9.17, 15) is 47.9 Å². The van der Waals surface area contributed by atoms with Gasteiger partial charge in [-0.15, -0.1) is 0 Å². The smallest absolute Gasteiger partial charge is 0.336 e. The number of nitrogens with one attached hydrogen (secondary N) is 1. The van der Waals surface area contributed by atoms with Crippen molar-refractivity contribution in [1.82, 2.24) is 15.1 Å². The minimum absolute atomic E-state index is 0.0239. The van der Waals surface area contributed by atoms with Gasteiger partial charge < -0.3 is 39.5 Å². The summed E-state index contributed by atoms with van der Waals surface area (Å²) in [6.45, 7) is 6.77. The number of carbonyl (C=O) groups is 10. The zero-order chi connectivity index (χ0) is 57.5. The van der Waals surface area contributed by atoms with Crippen LogP contribution in [-0.2, 0) is 52.4 Å². The molecular weight excluding hydrogens is 1060 g/mol. The first-order valence-electron chi connectivity index (χ1n) is 24.0. The Bertz CT molecular complexity index is 2930. The van der Waals surface area contributed by atoms with Gasteiger partial charge in [-0.1, -0.05) is 83.9 Å². The van der Waals surface area contributed by atoms with Gasteiger partial charge in [0.1, 0.15) is 13.0 Å². The van der Waals surface area contributed by atoms with Crippen molar-refractivity contribution in [3.63, 3.8) is 0 Å². The number of hydrogen-bond donors (Lipinski definition) is 2. The second-order valence-electron chi connectivity index (χ2n) is 16.5. The normalized spacial score (nSPS) is 14.3. The van der Waals surface area contributed by atoms with Crippen LogP contribution in [0.4, 0.5) is 0 Å². The van der Waals surface area contributed by atoms with Crippen LogP contribution in [0.15, 0.2) is 131 Å². The van der Waals surface area contributed by atoms with Gasteiger partial charge in [0, 0.05) is 28.1 Å². The highest BCUT2D eigenvalue weighted by Crippen LogP contribution is 2.42. The molecule has 3 aliphatic heterocycles. The molecule has 412 valence electrons. The first-order valence-corrected chi connectivity index (χ1v) is 24.8. The highest BCUT2D eigenvalue weighted by atomic mass is 35.5. The molecule has 3 aliphatic rings. The minimum Gasteiger partial charge on any atom is -0.466 e. The van der Waals surface area contributed by atoms with Crippen molar-refractivity contribution >= 4 is 82.8 Å². The molecule has 3 heterocycles. The van der Waals surface area contributed by atoms with E-state index in [1.807, 2.05) is 0 Å². The number of imide groups is 2. The van der Waals surface area contributed by atoms with Gasteiger partial charge in [0.25, 0.3) is 23.6 Å². The van der Waals surface area contributed by atoms with Crippen molar-refractivity contribution in [1.29, 1.82) is 0 Å². The van der Waals surface area contributed by atoms with Gasteiger partial charge in [0.2, 0.25) is 0 Å². The van der Waals surface area contributed by atoms with E-state index in [2.05, 4.69) is 14.8 Å². The number of nitrogens with two attached hydrogens (primary N) is 1. The van der Waals surface area contributed by atoms with Crippen LogP contribution in [0.25, 0.3) is 0 Å². The Balaban J connectivity index is 0.000000274. The Labute approximate surface area is 460 Å². The number of nitrogens with zero attached hydrogens (tertiary/aromatic N) is 2. The Morgan fingerprint density at radius 2 is 1.14 bits per heavy atom. The van der Waals surface area contributed by atoms with Crippen LogP contribution in [0.2, 0.25) is 10.0 Å². The second kappa shape index (κ2) is 31.1. The summed E-state index contributed by atoms with van der Waals surface area (Å²) < 4.78 is 30.2. The van der Waals surface area contributed by atoms with Gasteiger partial charge in [0.15, 0.2) is 12.1 Å². The highest BCUT2D eigenvalue weighted by Gasteiger charge is 2.40. The summed E-state index contributed by atoms with van der Waals surface area (Å²) in [5.41, 5.74) is 9.34. The Kier molecular flexibility index (Phi) is 24.8. The Morgan fingerprint density at radius 3 is 1.58 bits per heavy atom. The molecule has 0 aliphatic carbocycles. The highest BCUT2D eigenvalue weighted by molar-refractivity contribution is 6.33. The molecule has 0 aromatic heterocycles. The van der Waals surface area contributed by atoms with E-state index in [0.717, 1.165) is 16.1 Å². The minimum atomic E-state index is -0.869. The first kappa shape index (κ1) is 62.2. The molecule has 1 atom stereocenters. The molecule has 0 bridgehead atoms. The molecule has 20 nitrogen and oxygen atoms in total. The van der Waals surface area contributed by atoms with Crippen LogP contribution >= 0.6 is 23.2 Å². The number of amides is 4. The maximum Gasteiger partial charge on any atom is 0.336 e. The van der Waals surface area contributed by atoms with Crippen molar-refractivity contribution in [3.8, 4) is 0 Å². The number of allylic oxidation sites excluding steroid dienone is 2. The summed E-state index contributed by atoms with van der Waals surface area (Å²) in [7, 11) is 2.57. The van der Waals surface area contributed by atoms with E-state index in [0.29, 0.717) is 60.5 Å². The standard InChI is InChI=1S/C28H27ClN2O7.C16H17NO6.C7H5ClO.C5H9NO2/c1-4-38-28(35)24-21(15-37-14-13-31-25(32)17-9-5-6-10-18(17)26(31)33)30-16(2)22(27(34)36-3)23(24)19-11-7-8-12-20(19)29;1-2-23-14(19)9-11(18)10-22-8-7-17-15(20)12-5-3-4-6-13(12)16(17)21;8-7-4-2-1-3-6(7)5-9;1-4(6)3-5(7)8-2/h5-12,23,30H,4,13-15H2,1-3H3;3-6H,2,7-10H2,1H3;1-5H;3H,6H2,1-2H3/b;;;4-3-. The number of ether oxygens (including phenoxy) is 6. The number of esters is 4. The lowest BCUT2D eigenvalue weighted by molar-refractivity contribution is -0.146. The number of Topliss-reactive ketones (excluding diaryl/α,β-unsaturated/α-hetero) is 1. The van der Waals surface area contributed by atoms with E-state index in [1.165, 1.54) is 20.3 Å². The van der Waals surface area contributed by atoms with Crippen LogP contribution in [0.3, 0.4) is 0 Å². The second-order valence-corrected chi connectivity index (χ2v) is 17.3. The molecule has 3 N–H and O–H groups in total. The molecule has 4 aromatic carbocycles. The third kappa shape index (κ3) is 16.8. The fraction of sp³-hybridized carbons (Fsp3) is 0.286. The first-order chi connectivity index (χ1) is 37.3. The van der Waals surface area contributed by atoms with Crippen LogP contribution in [0.5, 0.6) is 0 Å². The number of methoxy groups -OCH3 is 2. The third-order valence-electron chi connectivity index (χ3n) is 11.2. The molecule has 0 spiro atoms. The average Bonchev–Trinajstić information content (AvgIpc) is 3.86. The molecule has 22 heteroatoms. The van der Waals surface area contributed by atoms with Gasteiger partial charge in [-0.2, -0.15) is 0 Å². The van der Waals surface area contributed by atoms with E-state index in [-0.39, 0.29) is 93.9 Å². The monoisotopic (exact) mass is 1110 g/mol. The number of dihydropyridines is 1. The van der Waals surface area contributed by atoms with Gasteiger partial charge in [-0.05, 0) is 69.7 Å². The predicted molar refractivity (Wildman–Crippen MR) is 284 cm³/mol. The molecule has 7 rings (SSSR count). The number of halogens is 2. The molecule has 78 heavy (non-hydrogen) atoms. The Hall–Kier alpha value is -8.30. The van der Waals surface area contributed by atoms with Crippen molar-refractivity contribution in [2.75, 3.05) is 67.0 Å². The molecular formula is C56H58Cl2N4O16. The van der Waals surface area contributed by atoms with Crippen molar-refractivity contribution in [2.24, 2.45) is 5.73 Å².